The van der Waals surface area contributed by atoms with Crippen LogP contribution >= 0.6 is 12.2 Å². The van der Waals surface area contributed by atoms with Crippen LogP contribution in [0.3, 0.4) is 0 Å². The fourth-order valence-electron chi connectivity index (χ4n) is 2.98. The Labute approximate surface area is 151 Å². The molecule has 0 saturated heterocycles. The Hall–Kier alpha value is -2.86. The molecule has 3 aromatic rings. The minimum Gasteiger partial charge on any atom is -0.364 e. The highest BCUT2D eigenvalue weighted by Crippen LogP contribution is 2.32. The van der Waals surface area contributed by atoms with E-state index >= 15 is 0 Å². The van der Waals surface area contributed by atoms with E-state index in [1.54, 1.807) is 0 Å². The predicted molar refractivity (Wildman–Crippen MR) is 103 cm³/mol. The second-order valence-electron chi connectivity index (χ2n) is 5.82. The van der Waals surface area contributed by atoms with E-state index in [0.29, 0.717) is 5.11 Å². The van der Waals surface area contributed by atoms with Crippen molar-refractivity contribution in [2.45, 2.75) is 12.5 Å². The Kier molecular flexibility index (Phi) is 4.11. The molecule has 0 saturated carbocycles. The van der Waals surface area contributed by atoms with E-state index in [-0.39, 0.29) is 6.04 Å². The maximum atomic E-state index is 5.45. The van der Waals surface area contributed by atoms with Crippen molar-refractivity contribution in [3.05, 3.63) is 72.1 Å². The Bertz CT molecular complexity index is 954. The standard InChI is InChI=1S/C19H17N5S/c1-20-19(25)24-18(11-16(23-24)13-7-3-2-4-8-13)17-12-21-14-9-5-6-10-15(14)22-17/h2-10,12,18H,11H2,1H3,(H,20,25). The molecule has 2 heterocycles. The van der Waals surface area contributed by atoms with Crippen molar-refractivity contribution in [2.24, 2.45) is 5.10 Å². The van der Waals surface area contributed by atoms with E-state index in [9.17, 15) is 0 Å². The Morgan fingerprint density at radius 1 is 1.08 bits per heavy atom. The minimum atomic E-state index is -0.0627. The Morgan fingerprint density at radius 3 is 2.56 bits per heavy atom. The summed E-state index contributed by atoms with van der Waals surface area (Å²) in [6.07, 6.45) is 2.56. The number of nitrogens with zero attached hydrogens (tertiary/aromatic N) is 4. The van der Waals surface area contributed by atoms with Crippen LogP contribution in [0.25, 0.3) is 11.0 Å². The van der Waals surface area contributed by atoms with Crippen LogP contribution in [0.2, 0.25) is 0 Å². The molecule has 0 aliphatic carbocycles. The average Bonchev–Trinajstić information content (AvgIpc) is 3.13. The summed E-state index contributed by atoms with van der Waals surface area (Å²) in [5, 5.41) is 10.2. The predicted octanol–water partition coefficient (Wildman–Crippen LogP) is 3.29. The van der Waals surface area contributed by atoms with Crippen LogP contribution < -0.4 is 5.32 Å². The van der Waals surface area contributed by atoms with Crippen LogP contribution in [0.1, 0.15) is 23.7 Å². The first-order chi connectivity index (χ1) is 12.3. The largest absolute Gasteiger partial charge is 0.364 e. The van der Waals surface area contributed by atoms with Gasteiger partial charge in [0.05, 0.1) is 28.6 Å². The molecule has 0 spiro atoms. The van der Waals surface area contributed by atoms with Crippen LogP contribution in [0.4, 0.5) is 0 Å². The monoisotopic (exact) mass is 347 g/mol. The Balaban J connectivity index is 1.73. The van der Waals surface area contributed by atoms with Gasteiger partial charge in [-0.15, -0.1) is 0 Å². The third-order valence-corrected chi connectivity index (χ3v) is 4.64. The summed E-state index contributed by atoms with van der Waals surface area (Å²) in [5.74, 6) is 0. The fourth-order valence-corrected chi connectivity index (χ4v) is 3.15. The van der Waals surface area contributed by atoms with Gasteiger partial charge in [-0.25, -0.2) is 9.99 Å². The van der Waals surface area contributed by atoms with Gasteiger partial charge in [-0.05, 0) is 29.9 Å². The molecule has 0 amide bonds. The summed E-state index contributed by atoms with van der Waals surface area (Å²) >= 11 is 5.45. The molecule has 5 nitrogen and oxygen atoms in total. The normalized spacial score (nSPS) is 16.8. The summed E-state index contributed by atoms with van der Waals surface area (Å²) in [4.78, 5) is 9.33. The van der Waals surface area contributed by atoms with Gasteiger partial charge in [-0.1, -0.05) is 42.5 Å². The first-order valence-electron chi connectivity index (χ1n) is 8.12. The van der Waals surface area contributed by atoms with Crippen LogP contribution in [0.15, 0.2) is 65.9 Å². The lowest BCUT2D eigenvalue weighted by molar-refractivity contribution is 0.360. The van der Waals surface area contributed by atoms with Gasteiger partial charge in [0.15, 0.2) is 5.11 Å². The molecule has 4 rings (SSSR count). The molecule has 1 atom stereocenters. The number of hydrogen-bond acceptors (Lipinski definition) is 4. The molecule has 1 aliphatic rings. The van der Waals surface area contributed by atoms with Crippen LogP contribution in [0, 0.1) is 0 Å². The van der Waals surface area contributed by atoms with Gasteiger partial charge in [0.2, 0.25) is 0 Å². The van der Waals surface area contributed by atoms with E-state index in [1.165, 1.54) is 0 Å². The van der Waals surface area contributed by atoms with Crippen molar-refractivity contribution in [2.75, 3.05) is 7.05 Å². The summed E-state index contributed by atoms with van der Waals surface area (Å²) in [6, 6.07) is 18.0. The molecule has 2 aromatic carbocycles. The maximum Gasteiger partial charge on any atom is 0.190 e. The zero-order valence-electron chi connectivity index (χ0n) is 13.8. The molecule has 0 fully saturated rings. The van der Waals surface area contributed by atoms with Crippen molar-refractivity contribution in [1.82, 2.24) is 20.3 Å². The second-order valence-corrected chi connectivity index (χ2v) is 6.20. The topological polar surface area (TPSA) is 53.4 Å². The third kappa shape index (κ3) is 2.96. The summed E-state index contributed by atoms with van der Waals surface area (Å²) in [5.41, 5.74) is 4.73. The molecular weight excluding hydrogens is 330 g/mol. The molecule has 0 bridgehead atoms. The van der Waals surface area contributed by atoms with Crippen molar-refractivity contribution < 1.29 is 0 Å². The highest BCUT2D eigenvalue weighted by Gasteiger charge is 2.32. The van der Waals surface area contributed by atoms with Crippen molar-refractivity contribution in [3.8, 4) is 0 Å². The number of nitrogens with one attached hydrogen (secondary N) is 1. The maximum absolute atomic E-state index is 5.45. The highest BCUT2D eigenvalue weighted by molar-refractivity contribution is 7.80. The van der Waals surface area contributed by atoms with E-state index in [0.717, 1.165) is 34.4 Å². The molecule has 124 valence electrons. The lowest BCUT2D eigenvalue weighted by Crippen LogP contribution is -2.34. The Morgan fingerprint density at radius 2 is 1.80 bits per heavy atom. The van der Waals surface area contributed by atoms with Gasteiger partial charge in [0, 0.05) is 13.5 Å². The third-order valence-electron chi connectivity index (χ3n) is 4.25. The zero-order valence-corrected chi connectivity index (χ0v) is 14.6. The number of benzene rings is 2. The highest BCUT2D eigenvalue weighted by atomic mass is 32.1. The van der Waals surface area contributed by atoms with E-state index in [1.807, 2.05) is 60.7 Å². The van der Waals surface area contributed by atoms with Gasteiger partial charge in [0.1, 0.15) is 6.04 Å². The van der Waals surface area contributed by atoms with Crippen LogP contribution in [-0.2, 0) is 0 Å². The first-order valence-corrected chi connectivity index (χ1v) is 8.52. The molecule has 1 aromatic heterocycles. The van der Waals surface area contributed by atoms with Crippen molar-refractivity contribution in [3.63, 3.8) is 0 Å². The molecule has 1 unspecified atom stereocenters. The molecule has 1 aliphatic heterocycles. The van der Waals surface area contributed by atoms with Gasteiger partial charge < -0.3 is 5.32 Å². The van der Waals surface area contributed by atoms with Gasteiger partial charge in [-0.2, -0.15) is 5.10 Å². The van der Waals surface area contributed by atoms with Gasteiger partial charge in [-0.3, -0.25) is 4.98 Å². The zero-order chi connectivity index (χ0) is 17.2. The number of para-hydroxylation sites is 2. The fraction of sp³-hybridized carbons (Fsp3) is 0.158. The number of hydrazone groups is 1. The minimum absolute atomic E-state index is 0.0627. The SMILES string of the molecule is CNC(=S)N1N=C(c2ccccc2)CC1c1cnc2ccccc2n1. The average molecular weight is 347 g/mol. The van der Waals surface area contributed by atoms with Gasteiger partial charge >= 0.3 is 0 Å². The molecule has 1 N–H and O–H groups in total. The smallest absolute Gasteiger partial charge is 0.190 e. The molecule has 0 radical (unpaired) electrons. The molecular formula is C19H17N5S. The van der Waals surface area contributed by atoms with Crippen LogP contribution in [-0.4, -0.2) is 32.8 Å². The van der Waals surface area contributed by atoms with Crippen LogP contribution in [0.5, 0.6) is 0 Å². The van der Waals surface area contributed by atoms with E-state index in [4.69, 9.17) is 22.3 Å². The van der Waals surface area contributed by atoms with Crippen molar-refractivity contribution >= 4 is 34.1 Å². The molecule has 25 heavy (non-hydrogen) atoms. The lowest BCUT2D eigenvalue weighted by Gasteiger charge is -2.22. The summed E-state index contributed by atoms with van der Waals surface area (Å²) in [7, 11) is 1.81. The number of fused-ring (bicyclic) bond motifs is 1. The lowest BCUT2D eigenvalue weighted by atomic mass is 10.0. The number of rotatable bonds is 2. The summed E-state index contributed by atoms with van der Waals surface area (Å²) < 4.78 is 0. The number of thiocarbonyl (C=S) groups is 1. The first kappa shape index (κ1) is 15.7. The summed E-state index contributed by atoms with van der Waals surface area (Å²) in [6.45, 7) is 0. The number of hydrogen-bond donors (Lipinski definition) is 1. The van der Waals surface area contributed by atoms with E-state index in [2.05, 4.69) is 22.4 Å². The van der Waals surface area contributed by atoms with E-state index < -0.39 is 0 Å². The van der Waals surface area contributed by atoms with Gasteiger partial charge in [0.25, 0.3) is 0 Å². The quantitative estimate of drug-likeness (QED) is 0.721. The molecule has 6 heteroatoms. The second kappa shape index (κ2) is 6.57. The number of aromatic nitrogens is 2. The van der Waals surface area contributed by atoms with Crippen molar-refractivity contribution in [1.29, 1.82) is 0 Å².